The smallest absolute Gasteiger partial charge is 0.250 e. The topological polar surface area (TPSA) is 140 Å². The van der Waals surface area contributed by atoms with E-state index in [9.17, 15) is 19.2 Å². The van der Waals surface area contributed by atoms with E-state index in [2.05, 4.69) is 10.6 Å². The van der Waals surface area contributed by atoms with E-state index in [4.69, 9.17) is 26.8 Å². The highest BCUT2D eigenvalue weighted by atomic mass is 35.5. The van der Waals surface area contributed by atoms with Crippen molar-refractivity contribution in [1.29, 1.82) is 0 Å². The van der Waals surface area contributed by atoms with Crippen molar-refractivity contribution in [2.24, 2.45) is 17.6 Å². The number of hydrogen-bond acceptors (Lipinski definition) is 7. The second kappa shape index (κ2) is 9.04. The average molecular weight is 527 g/mol. The molecule has 3 aliphatic heterocycles. The van der Waals surface area contributed by atoms with E-state index in [0.717, 1.165) is 5.56 Å². The zero-order valence-corrected chi connectivity index (χ0v) is 21.3. The number of imide groups is 1. The third-order valence-corrected chi connectivity index (χ3v) is 8.08. The van der Waals surface area contributed by atoms with E-state index in [1.807, 2.05) is 6.07 Å². The molecule has 2 fully saturated rings. The van der Waals surface area contributed by atoms with Crippen molar-refractivity contribution in [3.05, 3.63) is 52.0 Å². The van der Waals surface area contributed by atoms with Gasteiger partial charge in [0, 0.05) is 29.6 Å². The SMILES string of the molecule is COc1ccc(CCN2C(=O)[C@@H]3[C@H](CC(N)=O)N[C@@]4(C(=O)Nc5c4ccc(Cl)c5C)[C@H]3C2=O)cc1OC. The summed E-state index contributed by atoms with van der Waals surface area (Å²) in [5.74, 6) is -2.84. The first-order valence-corrected chi connectivity index (χ1v) is 12.2. The Hall–Kier alpha value is -3.63. The summed E-state index contributed by atoms with van der Waals surface area (Å²) in [4.78, 5) is 54.1. The molecule has 2 aromatic rings. The van der Waals surface area contributed by atoms with Crippen LogP contribution in [0, 0.1) is 18.8 Å². The number of anilines is 1. The standard InChI is InChI=1S/C26H27ClN4O6/c1-12-15(27)6-5-14-22(12)29-25(35)26(14)21-20(16(30-26)11-19(28)32)23(33)31(24(21)34)9-8-13-4-7-17(36-2)18(10-13)37-3/h4-7,10,16,20-21,30H,8-9,11H2,1-3H3,(H2,28,32)(H,29,35)/t16-,20+,21+,26+/m0/s1. The number of rotatable bonds is 7. The number of primary amides is 1. The Bertz CT molecular complexity index is 1350. The van der Waals surface area contributed by atoms with Crippen LogP contribution in [-0.2, 0) is 31.1 Å². The number of ether oxygens (including phenoxy) is 2. The number of hydrogen-bond donors (Lipinski definition) is 3. The molecule has 4 N–H and O–H groups in total. The lowest BCUT2D eigenvalue weighted by Crippen LogP contribution is -2.53. The predicted molar refractivity (Wildman–Crippen MR) is 134 cm³/mol. The third kappa shape index (κ3) is 3.66. The highest BCUT2D eigenvalue weighted by Gasteiger charge is 2.70. The number of nitrogens with two attached hydrogens (primary N) is 1. The number of carbonyl (C=O) groups is 4. The molecule has 0 saturated carbocycles. The number of benzene rings is 2. The molecule has 5 rings (SSSR count). The maximum Gasteiger partial charge on any atom is 0.250 e. The Labute approximate surface area is 218 Å². The Morgan fingerprint density at radius 3 is 2.51 bits per heavy atom. The number of methoxy groups -OCH3 is 2. The van der Waals surface area contributed by atoms with Crippen molar-refractivity contribution in [2.75, 3.05) is 26.1 Å². The fourth-order valence-corrected chi connectivity index (χ4v) is 6.10. The van der Waals surface area contributed by atoms with Crippen LogP contribution in [0.5, 0.6) is 11.5 Å². The molecule has 0 radical (unpaired) electrons. The van der Waals surface area contributed by atoms with Crippen LogP contribution in [0.15, 0.2) is 30.3 Å². The number of carbonyl (C=O) groups excluding carboxylic acids is 4. The largest absolute Gasteiger partial charge is 0.493 e. The lowest BCUT2D eigenvalue weighted by atomic mass is 9.76. The Morgan fingerprint density at radius 2 is 1.84 bits per heavy atom. The van der Waals surface area contributed by atoms with Crippen LogP contribution in [-0.4, -0.2) is 55.3 Å². The van der Waals surface area contributed by atoms with Gasteiger partial charge in [-0.2, -0.15) is 0 Å². The van der Waals surface area contributed by atoms with Crippen molar-refractivity contribution in [3.63, 3.8) is 0 Å². The Kier molecular flexibility index (Phi) is 6.12. The van der Waals surface area contributed by atoms with Crippen LogP contribution >= 0.6 is 11.6 Å². The van der Waals surface area contributed by atoms with Gasteiger partial charge in [-0.3, -0.25) is 29.4 Å². The summed E-state index contributed by atoms with van der Waals surface area (Å²) in [5, 5.41) is 6.49. The molecular weight excluding hydrogens is 500 g/mol. The number of halogens is 1. The summed E-state index contributed by atoms with van der Waals surface area (Å²) in [5.41, 5.74) is 6.51. The molecule has 194 valence electrons. The maximum atomic E-state index is 13.8. The molecule has 10 nitrogen and oxygen atoms in total. The van der Waals surface area contributed by atoms with Gasteiger partial charge in [-0.15, -0.1) is 0 Å². The molecule has 0 bridgehead atoms. The van der Waals surface area contributed by atoms with E-state index in [1.54, 1.807) is 31.2 Å². The van der Waals surface area contributed by atoms with Gasteiger partial charge in [-0.1, -0.05) is 23.7 Å². The van der Waals surface area contributed by atoms with Crippen LogP contribution in [0.1, 0.15) is 23.1 Å². The second-order valence-corrected chi connectivity index (χ2v) is 9.96. The number of nitrogens with one attached hydrogen (secondary N) is 2. The van der Waals surface area contributed by atoms with Crippen molar-refractivity contribution in [3.8, 4) is 11.5 Å². The Balaban J connectivity index is 1.51. The minimum atomic E-state index is -1.51. The van der Waals surface area contributed by atoms with Crippen molar-refractivity contribution >= 4 is 40.9 Å². The lowest BCUT2D eigenvalue weighted by Gasteiger charge is -2.29. The molecule has 37 heavy (non-hydrogen) atoms. The zero-order valence-electron chi connectivity index (χ0n) is 20.6. The summed E-state index contributed by atoms with van der Waals surface area (Å²) in [6.45, 7) is 1.87. The van der Waals surface area contributed by atoms with Gasteiger partial charge in [-0.25, -0.2) is 0 Å². The Morgan fingerprint density at radius 1 is 1.11 bits per heavy atom. The van der Waals surface area contributed by atoms with Crippen molar-refractivity contribution in [2.45, 2.75) is 31.3 Å². The molecule has 4 amide bonds. The molecule has 0 unspecified atom stereocenters. The summed E-state index contributed by atoms with van der Waals surface area (Å²) in [6, 6.07) is 7.94. The highest BCUT2D eigenvalue weighted by molar-refractivity contribution is 6.32. The van der Waals surface area contributed by atoms with Crippen LogP contribution in [0.2, 0.25) is 5.02 Å². The van der Waals surface area contributed by atoms with Crippen molar-refractivity contribution in [1.82, 2.24) is 10.2 Å². The molecule has 4 atom stereocenters. The summed E-state index contributed by atoms with van der Waals surface area (Å²) in [6.07, 6.45) is 0.177. The van der Waals surface area contributed by atoms with E-state index in [0.29, 0.717) is 39.8 Å². The van der Waals surface area contributed by atoms with Gasteiger partial charge in [0.1, 0.15) is 5.54 Å². The van der Waals surface area contributed by atoms with Crippen LogP contribution < -0.4 is 25.8 Å². The fourth-order valence-electron chi connectivity index (χ4n) is 5.94. The number of fused-ring (bicyclic) bond motifs is 4. The molecule has 2 saturated heterocycles. The van der Waals surface area contributed by atoms with Crippen molar-refractivity contribution < 1.29 is 28.7 Å². The van der Waals surface area contributed by atoms with Gasteiger partial charge in [-0.05, 0) is 42.7 Å². The van der Waals surface area contributed by atoms with E-state index >= 15 is 0 Å². The lowest BCUT2D eigenvalue weighted by molar-refractivity contribution is -0.142. The minimum absolute atomic E-state index is 0.105. The van der Waals surface area contributed by atoms with Gasteiger partial charge < -0.3 is 20.5 Å². The predicted octanol–water partition coefficient (Wildman–Crippen LogP) is 1.50. The molecule has 11 heteroatoms. The quantitative estimate of drug-likeness (QED) is 0.464. The monoisotopic (exact) mass is 526 g/mol. The van der Waals surface area contributed by atoms with E-state index in [1.165, 1.54) is 19.1 Å². The highest BCUT2D eigenvalue weighted by Crippen LogP contribution is 2.54. The first-order valence-electron chi connectivity index (χ1n) is 11.9. The first-order chi connectivity index (χ1) is 17.6. The normalized spacial score (nSPS) is 25.9. The molecule has 1 spiro atoms. The van der Waals surface area contributed by atoms with Gasteiger partial charge >= 0.3 is 0 Å². The summed E-state index contributed by atoms with van der Waals surface area (Å²) < 4.78 is 10.6. The molecular formula is C26H27ClN4O6. The first kappa shape index (κ1) is 25.0. The average Bonchev–Trinajstić information content (AvgIpc) is 3.44. The van der Waals surface area contributed by atoms with Crippen LogP contribution in [0.3, 0.4) is 0 Å². The second-order valence-electron chi connectivity index (χ2n) is 9.55. The summed E-state index contributed by atoms with van der Waals surface area (Å²) in [7, 11) is 3.07. The third-order valence-electron chi connectivity index (χ3n) is 7.67. The molecule has 0 aliphatic carbocycles. The number of amides is 4. The molecule has 3 aliphatic rings. The molecule has 2 aromatic carbocycles. The van der Waals surface area contributed by atoms with Gasteiger partial charge in [0.25, 0.3) is 0 Å². The number of likely N-dealkylation sites (tertiary alicyclic amines) is 1. The zero-order chi connectivity index (χ0) is 26.6. The molecule has 3 heterocycles. The molecule has 0 aromatic heterocycles. The van der Waals surface area contributed by atoms with Crippen LogP contribution in [0.25, 0.3) is 0 Å². The van der Waals surface area contributed by atoms with Gasteiger partial charge in [0.15, 0.2) is 11.5 Å². The minimum Gasteiger partial charge on any atom is -0.493 e. The fraction of sp³-hybridized carbons (Fsp3) is 0.385. The summed E-state index contributed by atoms with van der Waals surface area (Å²) >= 11 is 6.28. The van der Waals surface area contributed by atoms with E-state index in [-0.39, 0.29) is 13.0 Å². The van der Waals surface area contributed by atoms with Gasteiger partial charge in [0.05, 0.1) is 31.7 Å². The van der Waals surface area contributed by atoms with E-state index < -0.39 is 47.0 Å². The van der Waals surface area contributed by atoms with Gasteiger partial charge in [0.2, 0.25) is 23.6 Å². The number of nitrogens with zero attached hydrogens (tertiary/aromatic N) is 1. The van der Waals surface area contributed by atoms with Crippen LogP contribution in [0.4, 0.5) is 5.69 Å². The maximum absolute atomic E-state index is 13.8.